The van der Waals surface area contributed by atoms with Gasteiger partial charge in [0.25, 0.3) is 0 Å². The van der Waals surface area contributed by atoms with Crippen LogP contribution in [0.5, 0.6) is 0 Å². The van der Waals surface area contributed by atoms with Gasteiger partial charge in [0.15, 0.2) is 0 Å². The first-order valence-corrected chi connectivity index (χ1v) is 7.10. The second kappa shape index (κ2) is 7.47. The van der Waals surface area contributed by atoms with E-state index in [0.717, 1.165) is 0 Å². The molecule has 0 aliphatic carbocycles. The Bertz CT molecular complexity index is 493. The van der Waals surface area contributed by atoms with Gasteiger partial charge >= 0.3 is 12.0 Å². The zero-order chi connectivity index (χ0) is 14.3. The van der Waals surface area contributed by atoms with Gasteiger partial charge in [-0.25, -0.2) is 9.59 Å². The maximum absolute atomic E-state index is 11.5. The average Bonchev–Trinajstić information content (AvgIpc) is 2.38. The van der Waals surface area contributed by atoms with E-state index in [4.69, 9.17) is 5.11 Å². The second-order valence-corrected chi connectivity index (χ2v) is 5.45. The number of carbonyl (C=O) groups is 2. The van der Waals surface area contributed by atoms with Gasteiger partial charge in [-0.05, 0) is 6.07 Å². The Morgan fingerprint density at radius 1 is 1.42 bits per heavy atom. The van der Waals surface area contributed by atoms with Crippen LogP contribution in [0.3, 0.4) is 0 Å². The smallest absolute Gasteiger partial charge is 0.337 e. The molecule has 0 saturated carbocycles. The molecular weight excluding hydrogens is 270 g/mol. The lowest BCUT2D eigenvalue weighted by atomic mass is 10.3. The van der Waals surface area contributed by atoms with Gasteiger partial charge in [-0.1, -0.05) is 6.92 Å². The number of urea groups is 1. The molecule has 3 N–H and O–H groups in total. The molecule has 1 aromatic heterocycles. The lowest BCUT2D eigenvalue weighted by Crippen LogP contribution is -2.32. The number of aromatic nitrogens is 1. The van der Waals surface area contributed by atoms with Gasteiger partial charge in [0.2, 0.25) is 0 Å². The van der Waals surface area contributed by atoms with E-state index < -0.39 is 22.8 Å². The van der Waals surface area contributed by atoms with Gasteiger partial charge in [-0.3, -0.25) is 9.19 Å². The third-order valence-electron chi connectivity index (χ3n) is 2.18. The molecule has 1 rings (SSSR count). The van der Waals surface area contributed by atoms with Crippen molar-refractivity contribution in [1.82, 2.24) is 10.3 Å². The first-order chi connectivity index (χ1) is 9.02. The van der Waals surface area contributed by atoms with Crippen molar-refractivity contribution in [2.24, 2.45) is 0 Å². The van der Waals surface area contributed by atoms with Crippen LogP contribution < -0.4 is 10.6 Å². The largest absolute Gasteiger partial charge is 0.478 e. The third-order valence-corrected chi connectivity index (χ3v) is 3.48. The van der Waals surface area contributed by atoms with E-state index in [1.165, 1.54) is 18.5 Å². The monoisotopic (exact) mass is 285 g/mol. The Balaban J connectivity index is 2.46. The predicted octanol–water partition coefficient (Wildman–Crippen LogP) is 0.670. The fourth-order valence-electron chi connectivity index (χ4n) is 1.22. The molecular formula is C11H15N3O4S. The van der Waals surface area contributed by atoms with E-state index in [1.807, 2.05) is 0 Å². The van der Waals surface area contributed by atoms with Crippen molar-refractivity contribution >= 4 is 28.5 Å². The minimum Gasteiger partial charge on any atom is -0.478 e. The van der Waals surface area contributed by atoms with Gasteiger partial charge in [-0.15, -0.1) is 0 Å². The highest BCUT2D eigenvalue weighted by Gasteiger charge is 2.06. The molecule has 0 spiro atoms. The molecule has 0 aromatic carbocycles. The third kappa shape index (κ3) is 5.47. The molecule has 0 radical (unpaired) electrons. The van der Waals surface area contributed by atoms with E-state index in [-0.39, 0.29) is 11.3 Å². The van der Waals surface area contributed by atoms with Crippen LogP contribution >= 0.6 is 0 Å². The summed E-state index contributed by atoms with van der Waals surface area (Å²) in [5.41, 5.74) is 0.277. The highest BCUT2D eigenvalue weighted by molar-refractivity contribution is 7.84. The molecule has 19 heavy (non-hydrogen) atoms. The lowest BCUT2D eigenvalue weighted by Gasteiger charge is -2.07. The van der Waals surface area contributed by atoms with Gasteiger partial charge in [-0.2, -0.15) is 0 Å². The van der Waals surface area contributed by atoms with Crippen molar-refractivity contribution in [2.45, 2.75) is 6.92 Å². The van der Waals surface area contributed by atoms with E-state index in [0.29, 0.717) is 18.1 Å². The first-order valence-electron chi connectivity index (χ1n) is 5.61. The Hall–Kier alpha value is -1.96. The van der Waals surface area contributed by atoms with Gasteiger partial charge in [0.05, 0.1) is 17.4 Å². The highest BCUT2D eigenvalue weighted by Crippen LogP contribution is 2.07. The second-order valence-electron chi connectivity index (χ2n) is 3.58. The molecule has 1 unspecified atom stereocenters. The molecule has 0 aliphatic rings. The van der Waals surface area contributed by atoms with Crippen LogP contribution in [0.2, 0.25) is 0 Å². The fraction of sp³-hybridized carbons (Fsp3) is 0.364. The number of nitrogens with zero attached hydrogens (tertiary/aromatic N) is 1. The lowest BCUT2D eigenvalue weighted by molar-refractivity contribution is 0.0696. The Morgan fingerprint density at radius 3 is 2.79 bits per heavy atom. The van der Waals surface area contributed by atoms with E-state index in [1.54, 1.807) is 6.92 Å². The Morgan fingerprint density at radius 2 is 2.16 bits per heavy atom. The van der Waals surface area contributed by atoms with Crippen LogP contribution in [0.25, 0.3) is 0 Å². The summed E-state index contributed by atoms with van der Waals surface area (Å²) in [7, 11) is -0.932. The van der Waals surface area contributed by atoms with Crippen molar-refractivity contribution in [3.63, 3.8) is 0 Å². The summed E-state index contributed by atoms with van der Waals surface area (Å²) in [6.07, 6.45) is 2.53. The van der Waals surface area contributed by atoms with Crippen molar-refractivity contribution in [3.8, 4) is 0 Å². The summed E-state index contributed by atoms with van der Waals surface area (Å²) in [4.78, 5) is 25.9. The SMILES string of the molecule is CCS(=O)CCNC(=O)Nc1cncc(C(=O)O)c1. The number of hydrogen-bond donors (Lipinski definition) is 3. The molecule has 0 saturated heterocycles. The van der Waals surface area contributed by atoms with Crippen molar-refractivity contribution in [1.29, 1.82) is 0 Å². The van der Waals surface area contributed by atoms with Gasteiger partial charge in [0, 0.05) is 35.0 Å². The molecule has 1 aromatic rings. The van der Waals surface area contributed by atoms with Crippen LogP contribution in [0.15, 0.2) is 18.5 Å². The average molecular weight is 285 g/mol. The highest BCUT2D eigenvalue weighted by atomic mass is 32.2. The summed E-state index contributed by atoms with van der Waals surface area (Å²) < 4.78 is 11.1. The number of carboxylic acids is 1. The number of nitrogens with one attached hydrogen (secondary N) is 2. The summed E-state index contributed by atoms with van der Waals surface area (Å²) in [6, 6.07) is 0.816. The normalized spacial score (nSPS) is 11.6. The van der Waals surface area contributed by atoms with E-state index in [2.05, 4.69) is 15.6 Å². The number of carbonyl (C=O) groups excluding carboxylic acids is 1. The summed E-state index contributed by atoms with van der Waals surface area (Å²) in [5, 5.41) is 13.8. The van der Waals surface area contributed by atoms with E-state index in [9.17, 15) is 13.8 Å². The standard InChI is InChI=1S/C11H15N3O4S/c1-2-19(18)4-3-13-11(17)14-9-5-8(10(15)16)6-12-7-9/h5-7H,2-4H2,1H3,(H,15,16)(H2,13,14,17). The molecule has 7 nitrogen and oxygen atoms in total. The van der Waals surface area contributed by atoms with Crippen LogP contribution in [0.4, 0.5) is 10.5 Å². The predicted molar refractivity (Wildman–Crippen MR) is 71.8 cm³/mol. The molecule has 0 bridgehead atoms. The van der Waals surface area contributed by atoms with Gasteiger partial charge in [0.1, 0.15) is 0 Å². The number of aromatic carboxylic acids is 1. The number of rotatable bonds is 6. The zero-order valence-electron chi connectivity index (χ0n) is 10.4. The van der Waals surface area contributed by atoms with Crippen molar-refractivity contribution in [2.75, 3.05) is 23.4 Å². The molecule has 1 atom stereocenters. The molecule has 8 heteroatoms. The van der Waals surface area contributed by atoms with Crippen LogP contribution in [-0.2, 0) is 10.8 Å². The maximum Gasteiger partial charge on any atom is 0.337 e. The molecule has 2 amide bonds. The molecule has 0 fully saturated rings. The first kappa shape index (κ1) is 15.1. The number of carboxylic acid groups (broad SMARTS) is 1. The molecule has 1 heterocycles. The molecule has 0 aliphatic heterocycles. The minimum atomic E-state index is -1.12. The summed E-state index contributed by atoms with van der Waals surface area (Å²) in [6.45, 7) is 2.09. The quantitative estimate of drug-likeness (QED) is 0.712. The minimum absolute atomic E-state index is 0.00936. The van der Waals surface area contributed by atoms with Crippen LogP contribution in [0, 0.1) is 0 Å². The van der Waals surface area contributed by atoms with Crippen LogP contribution in [0.1, 0.15) is 17.3 Å². The number of anilines is 1. The number of hydrogen-bond acceptors (Lipinski definition) is 4. The number of pyridine rings is 1. The van der Waals surface area contributed by atoms with E-state index >= 15 is 0 Å². The molecule has 104 valence electrons. The summed E-state index contributed by atoms with van der Waals surface area (Å²) >= 11 is 0. The Kier molecular flexibility index (Phi) is 5.94. The van der Waals surface area contributed by atoms with Gasteiger partial charge < -0.3 is 15.7 Å². The fourth-order valence-corrected chi connectivity index (χ4v) is 1.84. The summed E-state index contributed by atoms with van der Waals surface area (Å²) in [5.74, 6) is -0.180. The maximum atomic E-state index is 11.5. The number of amides is 2. The van der Waals surface area contributed by atoms with Crippen LogP contribution in [-0.4, -0.2) is 44.4 Å². The topological polar surface area (TPSA) is 108 Å². The zero-order valence-corrected chi connectivity index (χ0v) is 11.2. The Labute approximate surface area is 112 Å². The van der Waals surface area contributed by atoms with Crippen molar-refractivity contribution < 1.29 is 18.9 Å². The van der Waals surface area contributed by atoms with Crippen molar-refractivity contribution in [3.05, 3.63) is 24.0 Å².